The Morgan fingerprint density at radius 1 is 1.43 bits per heavy atom. The highest BCUT2D eigenvalue weighted by atomic mass is 16.2. The number of para-hydroxylation sites is 1. The molecular weight excluding hydrogens is 264 g/mol. The minimum absolute atomic E-state index is 0.0450. The van der Waals surface area contributed by atoms with Crippen LogP contribution in [0.4, 0.5) is 5.69 Å². The Hall–Kier alpha value is -1.90. The molecule has 1 aromatic carbocycles. The van der Waals surface area contributed by atoms with Crippen LogP contribution in [0.2, 0.25) is 0 Å². The van der Waals surface area contributed by atoms with Crippen LogP contribution in [0.5, 0.6) is 0 Å². The Balaban J connectivity index is 1.56. The zero-order chi connectivity index (χ0) is 14.7. The Labute approximate surface area is 124 Å². The number of amides is 1. The third-order valence-electron chi connectivity index (χ3n) is 4.36. The van der Waals surface area contributed by atoms with Gasteiger partial charge >= 0.3 is 0 Å². The van der Waals surface area contributed by atoms with Gasteiger partial charge in [0, 0.05) is 19.1 Å². The predicted octanol–water partition coefficient (Wildman–Crippen LogP) is 1.18. The fourth-order valence-corrected chi connectivity index (χ4v) is 3.35. The number of rotatable bonds is 3. The van der Waals surface area contributed by atoms with Crippen molar-refractivity contribution in [2.24, 2.45) is 5.92 Å². The van der Waals surface area contributed by atoms with E-state index in [0.29, 0.717) is 29.8 Å². The van der Waals surface area contributed by atoms with Crippen molar-refractivity contribution in [3.8, 4) is 6.07 Å². The van der Waals surface area contributed by atoms with Crippen molar-refractivity contribution in [2.75, 3.05) is 31.5 Å². The number of hydrogen-bond donors (Lipinski definition) is 2. The van der Waals surface area contributed by atoms with Crippen LogP contribution in [0.3, 0.4) is 0 Å². The summed E-state index contributed by atoms with van der Waals surface area (Å²) >= 11 is 0. The maximum atomic E-state index is 12.2. The first-order valence-corrected chi connectivity index (χ1v) is 7.51. The average Bonchev–Trinajstić information content (AvgIpc) is 2.89. The molecule has 1 aromatic rings. The second-order valence-electron chi connectivity index (χ2n) is 5.86. The van der Waals surface area contributed by atoms with Gasteiger partial charge in [0.15, 0.2) is 0 Å². The second kappa shape index (κ2) is 6.25. The van der Waals surface area contributed by atoms with E-state index in [1.54, 1.807) is 18.2 Å². The third kappa shape index (κ3) is 3.23. The van der Waals surface area contributed by atoms with Crippen molar-refractivity contribution < 1.29 is 4.79 Å². The molecule has 5 nitrogen and oxygen atoms in total. The van der Waals surface area contributed by atoms with Crippen LogP contribution in [0.25, 0.3) is 0 Å². The number of carbonyl (C=O) groups is 1. The van der Waals surface area contributed by atoms with Crippen LogP contribution in [-0.4, -0.2) is 43.0 Å². The zero-order valence-electron chi connectivity index (χ0n) is 12.0. The number of piperidine rings is 1. The van der Waals surface area contributed by atoms with Gasteiger partial charge in [-0.2, -0.15) is 5.26 Å². The van der Waals surface area contributed by atoms with E-state index in [4.69, 9.17) is 5.26 Å². The third-order valence-corrected chi connectivity index (χ3v) is 4.36. The summed E-state index contributed by atoms with van der Waals surface area (Å²) in [6.45, 7) is 3.42. The lowest BCUT2D eigenvalue weighted by molar-refractivity contribution is -0.117. The summed E-state index contributed by atoms with van der Waals surface area (Å²) in [6, 6.07) is 9.74. The van der Waals surface area contributed by atoms with Gasteiger partial charge in [0.2, 0.25) is 5.91 Å². The van der Waals surface area contributed by atoms with Crippen molar-refractivity contribution in [1.29, 1.82) is 5.26 Å². The first kappa shape index (κ1) is 14.1. The first-order valence-electron chi connectivity index (χ1n) is 7.51. The summed E-state index contributed by atoms with van der Waals surface area (Å²) in [6.07, 6.45) is 2.49. The van der Waals surface area contributed by atoms with Gasteiger partial charge in [-0.05, 0) is 37.4 Å². The summed E-state index contributed by atoms with van der Waals surface area (Å²) in [7, 11) is 0. The smallest absolute Gasteiger partial charge is 0.238 e. The molecule has 2 saturated heterocycles. The van der Waals surface area contributed by atoms with Gasteiger partial charge in [-0.1, -0.05) is 12.1 Å². The molecule has 2 aliphatic rings. The number of nitrogens with zero attached hydrogens (tertiary/aromatic N) is 2. The van der Waals surface area contributed by atoms with Crippen LogP contribution in [-0.2, 0) is 4.79 Å². The highest BCUT2D eigenvalue weighted by molar-refractivity contribution is 5.93. The number of benzene rings is 1. The summed E-state index contributed by atoms with van der Waals surface area (Å²) < 4.78 is 0. The molecule has 21 heavy (non-hydrogen) atoms. The molecule has 0 radical (unpaired) electrons. The van der Waals surface area contributed by atoms with E-state index in [1.807, 2.05) is 6.07 Å². The van der Waals surface area contributed by atoms with Crippen molar-refractivity contribution >= 4 is 11.6 Å². The maximum Gasteiger partial charge on any atom is 0.238 e. The minimum atomic E-state index is -0.0450. The molecule has 0 aliphatic carbocycles. The molecule has 5 heteroatoms. The van der Waals surface area contributed by atoms with Crippen LogP contribution in [0.15, 0.2) is 24.3 Å². The lowest BCUT2D eigenvalue weighted by Gasteiger charge is -2.24. The fourth-order valence-electron chi connectivity index (χ4n) is 3.35. The number of anilines is 1. The molecule has 0 spiro atoms. The maximum absolute atomic E-state index is 12.2. The quantitative estimate of drug-likeness (QED) is 0.874. The van der Waals surface area contributed by atoms with Gasteiger partial charge in [-0.25, -0.2) is 0 Å². The second-order valence-corrected chi connectivity index (χ2v) is 5.86. The van der Waals surface area contributed by atoms with Crippen LogP contribution in [0, 0.1) is 17.2 Å². The zero-order valence-corrected chi connectivity index (χ0v) is 12.0. The SMILES string of the molecule is N#Cc1ccccc1NC(=O)CN1CC2CCCNC2C1. The highest BCUT2D eigenvalue weighted by Crippen LogP contribution is 2.24. The van der Waals surface area contributed by atoms with Crippen LogP contribution >= 0.6 is 0 Å². The molecule has 3 rings (SSSR count). The molecule has 110 valence electrons. The van der Waals surface area contributed by atoms with Crippen molar-refractivity contribution in [3.05, 3.63) is 29.8 Å². The fraction of sp³-hybridized carbons (Fsp3) is 0.500. The number of nitriles is 1. The molecule has 1 amide bonds. The van der Waals surface area contributed by atoms with E-state index in [1.165, 1.54) is 12.8 Å². The van der Waals surface area contributed by atoms with Gasteiger partial charge in [0.05, 0.1) is 17.8 Å². The Morgan fingerprint density at radius 3 is 3.10 bits per heavy atom. The van der Waals surface area contributed by atoms with Gasteiger partial charge in [0.25, 0.3) is 0 Å². The highest BCUT2D eigenvalue weighted by Gasteiger charge is 2.34. The lowest BCUT2D eigenvalue weighted by atomic mass is 9.94. The summed E-state index contributed by atoms with van der Waals surface area (Å²) in [4.78, 5) is 14.4. The molecule has 2 atom stereocenters. The number of likely N-dealkylation sites (tertiary alicyclic amines) is 1. The topological polar surface area (TPSA) is 68.2 Å². The van der Waals surface area contributed by atoms with E-state index < -0.39 is 0 Å². The molecular formula is C16H20N4O. The molecule has 2 aliphatic heterocycles. The molecule has 0 bridgehead atoms. The summed E-state index contributed by atoms with van der Waals surface area (Å²) in [5.41, 5.74) is 1.10. The summed E-state index contributed by atoms with van der Waals surface area (Å²) in [5, 5.41) is 15.4. The van der Waals surface area contributed by atoms with Crippen molar-refractivity contribution in [3.63, 3.8) is 0 Å². The Morgan fingerprint density at radius 2 is 2.29 bits per heavy atom. The largest absolute Gasteiger partial charge is 0.324 e. The molecule has 0 saturated carbocycles. The van der Waals surface area contributed by atoms with Gasteiger partial charge in [-0.3, -0.25) is 9.69 Å². The molecule has 2 N–H and O–H groups in total. The molecule has 2 unspecified atom stereocenters. The first-order chi connectivity index (χ1) is 10.3. The number of fused-ring (bicyclic) bond motifs is 1. The number of hydrogen-bond acceptors (Lipinski definition) is 4. The van der Waals surface area contributed by atoms with Gasteiger partial charge < -0.3 is 10.6 Å². The lowest BCUT2D eigenvalue weighted by Crippen LogP contribution is -2.41. The van der Waals surface area contributed by atoms with Gasteiger partial charge in [0.1, 0.15) is 6.07 Å². The monoisotopic (exact) mass is 284 g/mol. The average molecular weight is 284 g/mol. The van der Waals surface area contributed by atoms with Crippen molar-refractivity contribution in [2.45, 2.75) is 18.9 Å². The van der Waals surface area contributed by atoms with Gasteiger partial charge in [-0.15, -0.1) is 0 Å². The molecule has 2 fully saturated rings. The minimum Gasteiger partial charge on any atom is -0.324 e. The van der Waals surface area contributed by atoms with Crippen molar-refractivity contribution in [1.82, 2.24) is 10.2 Å². The van der Waals surface area contributed by atoms with E-state index >= 15 is 0 Å². The van der Waals surface area contributed by atoms with Crippen LogP contribution < -0.4 is 10.6 Å². The number of carbonyl (C=O) groups excluding carboxylic acids is 1. The normalized spacial score (nSPS) is 25.1. The molecule has 2 heterocycles. The molecule has 0 aromatic heterocycles. The number of nitrogens with one attached hydrogen (secondary N) is 2. The van der Waals surface area contributed by atoms with E-state index in [2.05, 4.69) is 21.6 Å². The van der Waals surface area contributed by atoms with E-state index in [9.17, 15) is 4.79 Å². The Kier molecular flexibility index (Phi) is 4.18. The standard InChI is InChI=1S/C16H20N4O/c17-8-12-4-1-2-6-14(12)19-16(21)11-20-9-13-5-3-7-18-15(13)10-20/h1-2,4,6,13,15,18H,3,5,7,9-11H2,(H,19,21). The Bertz CT molecular complexity index is 552. The van der Waals surface area contributed by atoms with E-state index in [0.717, 1.165) is 19.6 Å². The van der Waals surface area contributed by atoms with Crippen LogP contribution in [0.1, 0.15) is 18.4 Å². The van der Waals surface area contributed by atoms with E-state index in [-0.39, 0.29) is 5.91 Å². The predicted molar refractivity (Wildman–Crippen MR) is 80.7 cm³/mol. The summed E-state index contributed by atoms with van der Waals surface area (Å²) in [5.74, 6) is 0.634.